The summed E-state index contributed by atoms with van der Waals surface area (Å²) in [5, 5.41) is 2.42. The van der Waals surface area contributed by atoms with E-state index in [-0.39, 0.29) is 60.6 Å². The molecule has 6 heteroatoms. The molecule has 5 aliphatic carbocycles. The van der Waals surface area contributed by atoms with Crippen molar-refractivity contribution in [2.24, 2.45) is 7.05 Å². The van der Waals surface area contributed by atoms with Gasteiger partial charge in [0.2, 0.25) is 0 Å². The molecule has 61 heavy (non-hydrogen) atoms. The van der Waals surface area contributed by atoms with Crippen LogP contribution < -0.4 is 4.90 Å². The van der Waals surface area contributed by atoms with Gasteiger partial charge in [0.05, 0.1) is 28.7 Å². The van der Waals surface area contributed by atoms with Gasteiger partial charge in [-0.3, -0.25) is 11.8 Å². The SMILES string of the molecule is C1CCC([PH+](C[PH+](C2CCCCC2)C2CCCCC2)C2CCCCC2)CC1.[Au+].[Au+].[C-]#Cc1ccc2c(c1)C1C=CC=CC1N2C.[C-]#Cc1ccc2c(c1)c1ccccc1n2C. The second-order valence-electron chi connectivity index (χ2n) is 18.9. The molecule has 0 radical (unpaired) electrons. The third-order valence-electron chi connectivity index (χ3n) is 15.4. The molecule has 330 valence electrons. The summed E-state index contributed by atoms with van der Waals surface area (Å²) in [5.41, 5.74) is 11.6. The molecule has 0 N–H and O–H groups in total. The van der Waals surface area contributed by atoms with E-state index in [4.69, 9.17) is 12.8 Å². The Hall–Kier alpha value is -1.80. The van der Waals surface area contributed by atoms with Crippen molar-refractivity contribution < 1.29 is 44.8 Å². The first-order chi connectivity index (χ1) is 29.0. The van der Waals surface area contributed by atoms with Crippen LogP contribution in [-0.2, 0) is 51.8 Å². The maximum atomic E-state index is 7.19. The van der Waals surface area contributed by atoms with E-state index in [1.54, 1.807) is 128 Å². The summed E-state index contributed by atoms with van der Waals surface area (Å²) >= 11 is 0. The number of rotatable bonds is 6. The number of likely N-dealkylation sites (N-methyl/N-ethyl adjacent to an activating group) is 1. The largest absolute Gasteiger partial charge is 1.00 e. The molecule has 1 aromatic heterocycles. The quantitative estimate of drug-likeness (QED) is 0.0808. The molecule has 2 unspecified atom stereocenters. The molecular formula is C55H70Au2N2P2+2. The Balaban J connectivity index is 0.000000159. The van der Waals surface area contributed by atoms with Gasteiger partial charge in [0.1, 0.15) is 0 Å². The summed E-state index contributed by atoms with van der Waals surface area (Å²) in [5.74, 6) is 7.18. The Labute approximate surface area is 403 Å². The smallest absolute Gasteiger partial charge is 0.367 e. The van der Waals surface area contributed by atoms with Crippen LogP contribution in [0, 0.1) is 24.7 Å². The van der Waals surface area contributed by atoms with Crippen LogP contribution in [0.5, 0.6) is 0 Å². The fourth-order valence-corrected chi connectivity index (χ4v) is 24.7. The van der Waals surface area contributed by atoms with E-state index < -0.39 is 0 Å². The van der Waals surface area contributed by atoms with Gasteiger partial charge in [-0.15, -0.1) is 35.4 Å². The molecule has 0 saturated heterocycles. The average molecular weight is 1220 g/mol. The zero-order valence-electron chi connectivity index (χ0n) is 36.9. The molecule has 10 rings (SSSR count). The third kappa shape index (κ3) is 11.5. The Morgan fingerprint density at radius 2 is 1.00 bits per heavy atom. The maximum Gasteiger partial charge on any atom is 1.00 e. The van der Waals surface area contributed by atoms with Crippen LogP contribution in [0.2, 0.25) is 0 Å². The number of hydrogen-bond acceptors (Lipinski definition) is 1. The van der Waals surface area contributed by atoms with E-state index in [9.17, 15) is 0 Å². The predicted molar refractivity (Wildman–Crippen MR) is 262 cm³/mol. The van der Waals surface area contributed by atoms with Gasteiger partial charge in [-0.05, 0) is 120 Å². The van der Waals surface area contributed by atoms with Gasteiger partial charge in [0.15, 0.2) is 5.90 Å². The van der Waals surface area contributed by atoms with E-state index in [1.807, 2.05) is 42.3 Å². The van der Waals surface area contributed by atoms with E-state index in [2.05, 4.69) is 84.0 Å². The van der Waals surface area contributed by atoms with Crippen molar-refractivity contribution in [1.29, 1.82) is 0 Å². The average Bonchev–Trinajstić information content (AvgIpc) is 3.77. The van der Waals surface area contributed by atoms with Crippen LogP contribution in [0.1, 0.15) is 151 Å². The maximum absolute atomic E-state index is 7.19. The molecule has 0 spiro atoms. The number of fused-ring (bicyclic) bond motifs is 6. The van der Waals surface area contributed by atoms with Crippen LogP contribution in [0.25, 0.3) is 21.8 Å². The number of anilines is 1. The molecule has 4 saturated carbocycles. The van der Waals surface area contributed by atoms with Gasteiger partial charge >= 0.3 is 44.8 Å². The second kappa shape index (κ2) is 23.9. The number of nitrogens with zero attached hydrogens (tertiary/aromatic N) is 2. The van der Waals surface area contributed by atoms with Crippen LogP contribution in [0.3, 0.4) is 0 Å². The number of aryl methyl sites for hydroxylation is 1. The number of para-hydroxylation sites is 1. The zero-order chi connectivity index (χ0) is 40.6. The summed E-state index contributed by atoms with van der Waals surface area (Å²) < 4.78 is 2.18. The first-order valence-corrected chi connectivity index (χ1v) is 27.5. The molecule has 3 aromatic carbocycles. The van der Waals surface area contributed by atoms with Crippen molar-refractivity contribution in [2.45, 2.75) is 163 Å². The Morgan fingerprint density at radius 1 is 0.541 bits per heavy atom. The fourth-order valence-electron chi connectivity index (χ4n) is 12.3. The number of hydrogen-bond donors (Lipinski definition) is 0. The molecule has 4 fully saturated rings. The first-order valence-electron chi connectivity index (χ1n) is 23.8. The van der Waals surface area contributed by atoms with Crippen molar-refractivity contribution >= 4 is 43.3 Å². The third-order valence-corrected chi connectivity index (χ3v) is 25.2. The molecule has 1 aliphatic heterocycles. The van der Waals surface area contributed by atoms with E-state index in [0.29, 0.717) is 12.0 Å². The molecule has 2 atom stereocenters. The molecular weight excluding hydrogens is 1140 g/mol. The fraction of sp³-hybridized carbons (Fsp3) is 0.527. The molecule has 6 aliphatic rings. The van der Waals surface area contributed by atoms with Gasteiger partial charge in [-0.2, -0.15) is 0 Å². The van der Waals surface area contributed by atoms with Crippen LogP contribution in [0.15, 0.2) is 85.0 Å². The molecule has 0 amide bonds. The normalized spacial score (nSPS) is 21.9. The standard InChI is InChI=1S/C25H46P2.C15H12N.C15H10N.2Au/c1-5-13-22(14-6-1)26(23-15-7-2-8-16-23)21-27(24-17-9-3-10-18-24)25-19-11-4-12-20-25;2*1-3-11-8-9-15-13(10-11)12-6-4-5-7-14(12)16(15)2;;/h22-25H,1-21H2;4-10,12,14H,2H3;4-10H,2H3;;/q;2*-1;2*+1/p+2. The van der Waals surface area contributed by atoms with Crippen LogP contribution in [0.4, 0.5) is 5.69 Å². The van der Waals surface area contributed by atoms with Gasteiger partial charge in [-0.25, -0.2) is 0 Å². The summed E-state index contributed by atoms with van der Waals surface area (Å²) in [6, 6.07) is 20.9. The summed E-state index contributed by atoms with van der Waals surface area (Å²) in [4.78, 5) is 2.30. The van der Waals surface area contributed by atoms with Gasteiger partial charge in [0.25, 0.3) is 0 Å². The number of aromatic nitrogens is 1. The zero-order valence-corrected chi connectivity index (χ0v) is 43.2. The summed E-state index contributed by atoms with van der Waals surface area (Å²) in [6.45, 7) is 0. The predicted octanol–water partition coefficient (Wildman–Crippen LogP) is 14.6. The molecule has 2 nitrogen and oxygen atoms in total. The minimum absolute atomic E-state index is 0. The van der Waals surface area contributed by atoms with Crippen molar-refractivity contribution in [1.82, 2.24) is 4.57 Å². The minimum atomic E-state index is -0.0959. The molecule has 0 bridgehead atoms. The summed E-state index contributed by atoms with van der Waals surface area (Å²) in [7, 11) is 4.00. The van der Waals surface area contributed by atoms with Gasteiger partial charge in [0, 0.05) is 58.0 Å². The van der Waals surface area contributed by atoms with Crippen molar-refractivity contribution in [3.8, 4) is 11.8 Å². The van der Waals surface area contributed by atoms with Crippen molar-refractivity contribution in [2.75, 3.05) is 17.9 Å². The Bertz CT molecular complexity index is 2080. The first kappa shape index (κ1) is 48.7. The van der Waals surface area contributed by atoms with Crippen LogP contribution >= 0.6 is 15.8 Å². The van der Waals surface area contributed by atoms with Crippen LogP contribution in [-0.4, -0.2) is 46.2 Å². The van der Waals surface area contributed by atoms with Gasteiger partial charge < -0.3 is 22.3 Å². The second-order valence-corrected chi connectivity index (χ2v) is 25.9. The Morgan fingerprint density at radius 3 is 1.52 bits per heavy atom. The number of benzene rings is 3. The topological polar surface area (TPSA) is 8.17 Å². The van der Waals surface area contributed by atoms with Crippen molar-refractivity contribution in [3.63, 3.8) is 0 Å². The van der Waals surface area contributed by atoms with E-state index in [1.165, 1.54) is 55.7 Å². The summed E-state index contributed by atoms with van der Waals surface area (Å²) in [6.07, 6.45) is 55.1. The Kier molecular flexibility index (Phi) is 19.1. The monoisotopic (exact) mass is 1210 g/mol. The molecule has 2 heterocycles. The minimum Gasteiger partial charge on any atom is -0.367 e. The van der Waals surface area contributed by atoms with E-state index >= 15 is 0 Å². The molecule has 4 aromatic rings. The van der Waals surface area contributed by atoms with Gasteiger partial charge in [-0.1, -0.05) is 80.3 Å². The van der Waals surface area contributed by atoms with Crippen molar-refractivity contribution in [3.05, 3.63) is 115 Å². The number of allylic oxidation sites excluding steroid dienone is 2. The van der Waals surface area contributed by atoms with E-state index in [0.717, 1.165) is 11.1 Å².